The molecule has 4 rings (SSSR count). The number of hydrogen-bond donors (Lipinski definition) is 2. The summed E-state index contributed by atoms with van der Waals surface area (Å²) >= 11 is 0. The molecule has 7 heteroatoms. The second-order valence-electron chi connectivity index (χ2n) is 7.21. The first-order valence-corrected chi connectivity index (χ1v) is 9.55. The monoisotopic (exact) mass is 379 g/mol. The van der Waals surface area contributed by atoms with Crippen LogP contribution in [0.3, 0.4) is 0 Å². The summed E-state index contributed by atoms with van der Waals surface area (Å²) in [7, 11) is 2.01. The van der Waals surface area contributed by atoms with Gasteiger partial charge in [-0.15, -0.1) is 0 Å². The maximum absolute atomic E-state index is 12.1. The number of rotatable bonds is 4. The molecule has 1 saturated heterocycles. The predicted octanol–water partition coefficient (Wildman–Crippen LogP) is 3.25. The van der Waals surface area contributed by atoms with Crippen molar-refractivity contribution in [3.63, 3.8) is 0 Å². The number of imidazole rings is 1. The summed E-state index contributed by atoms with van der Waals surface area (Å²) in [6.45, 7) is 2.01. The average Bonchev–Trinajstić information content (AvgIpc) is 3.03. The predicted molar refractivity (Wildman–Crippen MR) is 110 cm³/mol. The number of ether oxygens (including phenoxy) is 1. The first-order chi connectivity index (χ1) is 13.6. The van der Waals surface area contributed by atoms with E-state index in [0.717, 1.165) is 48.5 Å². The zero-order chi connectivity index (χ0) is 19.5. The van der Waals surface area contributed by atoms with Gasteiger partial charge in [-0.25, -0.2) is 9.78 Å². The molecule has 3 aromatic rings. The van der Waals surface area contributed by atoms with Gasteiger partial charge in [0.1, 0.15) is 6.61 Å². The van der Waals surface area contributed by atoms with Crippen LogP contribution in [0, 0.1) is 0 Å². The third-order valence-electron chi connectivity index (χ3n) is 5.06. The number of aromatic nitrogens is 2. The van der Waals surface area contributed by atoms with Gasteiger partial charge in [-0.05, 0) is 36.6 Å². The van der Waals surface area contributed by atoms with Gasteiger partial charge in [0, 0.05) is 31.9 Å². The number of benzene rings is 2. The van der Waals surface area contributed by atoms with Gasteiger partial charge in [0.15, 0.2) is 0 Å². The summed E-state index contributed by atoms with van der Waals surface area (Å²) in [4.78, 5) is 19.1. The standard InChI is InChI=1S/C21H25N5O2/c1-25-19-10-9-17(23-21(27)28-14-15-6-3-2-4-7-15)12-18(19)24-20(25)26-11-5-8-16(22)13-26/h2-4,6-7,9-10,12,16H,5,8,11,13-14,22H2,1H3,(H,23,27)/t16-/m1/s1. The number of nitrogens with two attached hydrogens (primary N) is 1. The Labute approximate surface area is 164 Å². The largest absolute Gasteiger partial charge is 0.444 e. The number of anilines is 2. The van der Waals surface area contributed by atoms with Crippen LogP contribution in [0.15, 0.2) is 48.5 Å². The fraction of sp³-hybridized carbons (Fsp3) is 0.333. The number of carbonyl (C=O) groups excluding carboxylic acids is 1. The normalized spacial score (nSPS) is 16.9. The van der Waals surface area contributed by atoms with Crippen LogP contribution in [-0.4, -0.2) is 34.8 Å². The quantitative estimate of drug-likeness (QED) is 0.727. The Kier molecular flexibility index (Phi) is 5.16. The molecule has 0 radical (unpaired) electrons. The van der Waals surface area contributed by atoms with Crippen LogP contribution in [0.25, 0.3) is 11.0 Å². The summed E-state index contributed by atoms with van der Waals surface area (Å²) in [5, 5.41) is 2.78. The fourth-order valence-electron chi connectivity index (χ4n) is 3.62. The molecule has 1 aliphatic rings. The minimum absolute atomic E-state index is 0.185. The molecule has 0 aliphatic carbocycles. The van der Waals surface area contributed by atoms with Crippen molar-refractivity contribution < 1.29 is 9.53 Å². The minimum atomic E-state index is -0.485. The average molecular weight is 379 g/mol. The van der Waals surface area contributed by atoms with E-state index in [1.165, 1.54) is 0 Å². The number of fused-ring (bicyclic) bond motifs is 1. The van der Waals surface area contributed by atoms with E-state index in [1.54, 1.807) is 0 Å². The molecule has 146 valence electrons. The third kappa shape index (κ3) is 3.94. The Hall–Kier alpha value is -3.06. The van der Waals surface area contributed by atoms with Gasteiger partial charge in [0.2, 0.25) is 5.95 Å². The Morgan fingerprint density at radius 3 is 2.89 bits per heavy atom. The molecular formula is C21H25N5O2. The molecule has 28 heavy (non-hydrogen) atoms. The van der Waals surface area contributed by atoms with E-state index in [-0.39, 0.29) is 12.6 Å². The van der Waals surface area contributed by atoms with Crippen molar-refractivity contribution in [3.05, 3.63) is 54.1 Å². The van der Waals surface area contributed by atoms with Crippen molar-refractivity contribution >= 4 is 28.8 Å². The van der Waals surface area contributed by atoms with Gasteiger partial charge in [-0.3, -0.25) is 5.32 Å². The number of piperidine rings is 1. The Morgan fingerprint density at radius 2 is 2.11 bits per heavy atom. The van der Waals surface area contributed by atoms with Crippen molar-refractivity contribution in [1.29, 1.82) is 0 Å². The van der Waals surface area contributed by atoms with E-state index < -0.39 is 6.09 Å². The van der Waals surface area contributed by atoms with Crippen LogP contribution >= 0.6 is 0 Å². The van der Waals surface area contributed by atoms with Crippen LogP contribution < -0.4 is 16.0 Å². The number of carbonyl (C=O) groups is 1. The lowest BCUT2D eigenvalue weighted by atomic mass is 10.1. The number of nitrogens with one attached hydrogen (secondary N) is 1. The molecule has 1 amide bonds. The van der Waals surface area contributed by atoms with E-state index in [9.17, 15) is 4.79 Å². The smallest absolute Gasteiger partial charge is 0.411 e. The van der Waals surface area contributed by atoms with E-state index in [0.29, 0.717) is 5.69 Å². The molecule has 1 aliphatic heterocycles. The molecule has 1 aromatic heterocycles. The molecule has 0 saturated carbocycles. The highest BCUT2D eigenvalue weighted by Gasteiger charge is 2.21. The fourth-order valence-corrected chi connectivity index (χ4v) is 3.62. The van der Waals surface area contributed by atoms with E-state index in [4.69, 9.17) is 15.5 Å². The summed E-state index contributed by atoms with van der Waals surface area (Å²) in [5.74, 6) is 0.911. The van der Waals surface area contributed by atoms with Gasteiger partial charge >= 0.3 is 6.09 Å². The molecule has 0 spiro atoms. The van der Waals surface area contributed by atoms with Crippen LogP contribution in [0.2, 0.25) is 0 Å². The maximum Gasteiger partial charge on any atom is 0.411 e. The Bertz CT molecular complexity index is 970. The van der Waals surface area contributed by atoms with Crippen molar-refractivity contribution in [2.75, 3.05) is 23.3 Å². The zero-order valence-corrected chi connectivity index (χ0v) is 16.0. The second-order valence-corrected chi connectivity index (χ2v) is 7.21. The van der Waals surface area contributed by atoms with Gasteiger partial charge in [0.05, 0.1) is 11.0 Å². The summed E-state index contributed by atoms with van der Waals surface area (Å²) in [5.41, 5.74) is 9.56. The van der Waals surface area contributed by atoms with Crippen molar-refractivity contribution in [2.45, 2.75) is 25.5 Å². The summed E-state index contributed by atoms with van der Waals surface area (Å²) in [6, 6.07) is 15.5. The molecular weight excluding hydrogens is 354 g/mol. The molecule has 7 nitrogen and oxygen atoms in total. The first-order valence-electron chi connectivity index (χ1n) is 9.55. The molecule has 2 aromatic carbocycles. The topological polar surface area (TPSA) is 85.4 Å². The Balaban J connectivity index is 1.46. The minimum Gasteiger partial charge on any atom is -0.444 e. The molecule has 2 heterocycles. The summed E-state index contributed by atoms with van der Waals surface area (Å²) in [6.07, 6.45) is 1.64. The molecule has 1 atom stereocenters. The van der Waals surface area contributed by atoms with E-state index >= 15 is 0 Å². The van der Waals surface area contributed by atoms with Crippen LogP contribution in [0.4, 0.5) is 16.4 Å². The van der Waals surface area contributed by atoms with Gasteiger partial charge in [0.25, 0.3) is 0 Å². The van der Waals surface area contributed by atoms with E-state index in [1.807, 2.05) is 55.6 Å². The molecule has 3 N–H and O–H groups in total. The highest BCUT2D eigenvalue weighted by molar-refractivity contribution is 5.89. The number of aryl methyl sites for hydroxylation is 1. The second kappa shape index (κ2) is 7.90. The zero-order valence-electron chi connectivity index (χ0n) is 16.0. The first kappa shape index (κ1) is 18.3. The lowest BCUT2D eigenvalue weighted by Gasteiger charge is -2.31. The summed E-state index contributed by atoms with van der Waals surface area (Å²) < 4.78 is 7.36. The van der Waals surface area contributed by atoms with E-state index in [2.05, 4.69) is 14.8 Å². The number of amides is 1. The van der Waals surface area contributed by atoms with Gasteiger partial charge < -0.3 is 19.9 Å². The highest BCUT2D eigenvalue weighted by atomic mass is 16.5. The third-order valence-corrected chi connectivity index (χ3v) is 5.06. The van der Waals surface area contributed by atoms with Crippen molar-refractivity contribution in [2.24, 2.45) is 12.8 Å². The lowest BCUT2D eigenvalue weighted by Crippen LogP contribution is -2.43. The number of nitrogens with zero attached hydrogens (tertiary/aromatic N) is 3. The van der Waals surface area contributed by atoms with Crippen LogP contribution in [0.1, 0.15) is 18.4 Å². The molecule has 1 fully saturated rings. The van der Waals surface area contributed by atoms with Gasteiger partial charge in [-0.1, -0.05) is 30.3 Å². The molecule has 0 bridgehead atoms. The maximum atomic E-state index is 12.1. The van der Waals surface area contributed by atoms with Crippen molar-refractivity contribution in [3.8, 4) is 0 Å². The van der Waals surface area contributed by atoms with Crippen LogP contribution in [-0.2, 0) is 18.4 Å². The SMILES string of the molecule is Cn1c(N2CCC[C@@H](N)C2)nc2cc(NC(=O)OCc3ccccc3)ccc21. The lowest BCUT2D eigenvalue weighted by molar-refractivity contribution is 0.155. The highest BCUT2D eigenvalue weighted by Crippen LogP contribution is 2.26. The number of hydrogen-bond acceptors (Lipinski definition) is 5. The van der Waals surface area contributed by atoms with Gasteiger partial charge in [-0.2, -0.15) is 0 Å². The van der Waals surface area contributed by atoms with Crippen molar-refractivity contribution in [1.82, 2.24) is 9.55 Å². The van der Waals surface area contributed by atoms with Crippen LogP contribution in [0.5, 0.6) is 0 Å². The Morgan fingerprint density at radius 1 is 1.29 bits per heavy atom. The molecule has 0 unspecified atom stereocenters.